The van der Waals surface area contributed by atoms with E-state index in [0.29, 0.717) is 17.7 Å². The zero-order valence-corrected chi connectivity index (χ0v) is 17.3. The van der Waals surface area contributed by atoms with Crippen LogP contribution in [0.15, 0.2) is 70.2 Å². The molecule has 5 nitrogen and oxygen atoms in total. The van der Waals surface area contributed by atoms with Crippen LogP contribution in [0.25, 0.3) is 0 Å². The van der Waals surface area contributed by atoms with Crippen LogP contribution in [-0.4, -0.2) is 17.5 Å². The normalized spacial score (nSPS) is 21.0. The Morgan fingerprint density at radius 3 is 2.67 bits per heavy atom. The Balaban J connectivity index is 1.45. The van der Waals surface area contributed by atoms with Crippen molar-refractivity contribution in [1.29, 1.82) is 0 Å². The fraction of sp³-hybridized carbons (Fsp3) is 0.174. The predicted molar refractivity (Wildman–Crippen MR) is 112 cm³/mol. The monoisotopic (exact) mass is 466 g/mol. The lowest BCUT2D eigenvalue weighted by Gasteiger charge is -2.38. The van der Waals surface area contributed by atoms with Gasteiger partial charge in [0.1, 0.15) is 11.6 Å². The number of hydrogen-bond donors (Lipinski definition) is 0. The van der Waals surface area contributed by atoms with Crippen LogP contribution in [-0.2, 0) is 0 Å². The molecule has 0 aromatic heterocycles. The van der Waals surface area contributed by atoms with E-state index >= 15 is 0 Å². The highest BCUT2D eigenvalue weighted by atomic mass is 79.9. The minimum atomic E-state index is -0.642. The van der Waals surface area contributed by atoms with Gasteiger partial charge in [-0.15, -0.1) is 0 Å². The predicted octanol–water partition coefficient (Wildman–Crippen LogP) is 5.56. The highest BCUT2D eigenvalue weighted by molar-refractivity contribution is 9.10. The van der Waals surface area contributed by atoms with Crippen molar-refractivity contribution >= 4 is 21.6 Å². The smallest absolute Gasteiger partial charge is 0.231 e. The Kier molecular flexibility index (Phi) is 3.99. The van der Waals surface area contributed by atoms with E-state index in [-0.39, 0.29) is 18.7 Å². The number of hydrogen-bond acceptors (Lipinski definition) is 5. The summed E-state index contributed by atoms with van der Waals surface area (Å²) in [5.74, 6) is 1.88. The summed E-state index contributed by atoms with van der Waals surface area (Å²) in [6, 6.07) is 18.3. The van der Waals surface area contributed by atoms with Gasteiger partial charge in [-0.05, 0) is 42.5 Å². The van der Waals surface area contributed by atoms with Crippen molar-refractivity contribution < 1.29 is 18.6 Å². The molecule has 0 amide bonds. The highest BCUT2D eigenvalue weighted by Gasteiger charge is 2.42. The van der Waals surface area contributed by atoms with E-state index in [1.165, 1.54) is 6.07 Å². The van der Waals surface area contributed by atoms with Crippen LogP contribution in [0.4, 0.5) is 4.39 Å². The molecular formula is C23H16BrFN2O3. The van der Waals surface area contributed by atoms with E-state index in [1.54, 1.807) is 12.1 Å². The lowest BCUT2D eigenvalue weighted by molar-refractivity contribution is -0.0212. The van der Waals surface area contributed by atoms with Crippen LogP contribution in [0, 0.1) is 5.82 Å². The zero-order chi connectivity index (χ0) is 20.2. The fourth-order valence-electron chi connectivity index (χ4n) is 4.19. The largest absolute Gasteiger partial charge is 0.464 e. The van der Waals surface area contributed by atoms with E-state index in [4.69, 9.17) is 19.3 Å². The summed E-state index contributed by atoms with van der Waals surface area (Å²) >= 11 is 3.55. The molecular weight excluding hydrogens is 451 g/mol. The lowest BCUT2D eigenvalue weighted by Crippen LogP contribution is -2.34. The number of hydrazone groups is 1. The topological polar surface area (TPSA) is 43.3 Å². The average Bonchev–Trinajstić information content (AvgIpc) is 3.40. The number of rotatable bonds is 2. The van der Waals surface area contributed by atoms with Gasteiger partial charge in [-0.25, -0.2) is 9.40 Å². The molecule has 3 aromatic carbocycles. The van der Waals surface area contributed by atoms with E-state index in [1.807, 2.05) is 47.5 Å². The number of ether oxygens (including phenoxy) is 3. The van der Waals surface area contributed by atoms with Gasteiger partial charge in [0.05, 0.1) is 17.3 Å². The van der Waals surface area contributed by atoms with Crippen molar-refractivity contribution in [3.63, 3.8) is 0 Å². The molecule has 3 heterocycles. The Hall–Kier alpha value is -3.06. The first-order chi connectivity index (χ1) is 14.7. The second-order valence-corrected chi connectivity index (χ2v) is 8.30. The van der Waals surface area contributed by atoms with Crippen LogP contribution in [0.1, 0.15) is 35.4 Å². The Bertz CT molecular complexity index is 1200. The molecule has 3 aliphatic rings. The SMILES string of the molecule is Fc1ccccc1[C@H]1Oc2ccc(Br)cc2[C@H]2CC(c3ccc4c(c3)OCO4)=NN21. The first-order valence-corrected chi connectivity index (χ1v) is 10.4. The maximum atomic E-state index is 14.6. The van der Waals surface area contributed by atoms with Crippen LogP contribution < -0.4 is 14.2 Å². The summed E-state index contributed by atoms with van der Waals surface area (Å²) in [4.78, 5) is 0. The van der Waals surface area contributed by atoms with Gasteiger partial charge in [-0.1, -0.05) is 34.1 Å². The van der Waals surface area contributed by atoms with Crippen LogP contribution in [0.2, 0.25) is 0 Å². The molecule has 0 bridgehead atoms. The molecule has 3 aromatic rings. The molecule has 0 N–H and O–H groups in total. The van der Waals surface area contributed by atoms with Crippen molar-refractivity contribution in [2.45, 2.75) is 18.7 Å². The maximum Gasteiger partial charge on any atom is 0.231 e. The van der Waals surface area contributed by atoms with Gasteiger partial charge in [0.25, 0.3) is 0 Å². The summed E-state index contributed by atoms with van der Waals surface area (Å²) in [7, 11) is 0. The molecule has 30 heavy (non-hydrogen) atoms. The van der Waals surface area contributed by atoms with E-state index in [0.717, 1.165) is 32.8 Å². The van der Waals surface area contributed by atoms with Gasteiger partial charge in [-0.2, -0.15) is 5.10 Å². The van der Waals surface area contributed by atoms with Gasteiger partial charge in [-0.3, -0.25) is 0 Å². The molecule has 0 spiro atoms. The molecule has 0 saturated carbocycles. The summed E-state index contributed by atoms with van der Waals surface area (Å²) in [6.07, 6.45) is 0.0358. The van der Waals surface area contributed by atoms with E-state index < -0.39 is 6.23 Å². The molecule has 3 aliphatic heterocycles. The number of benzene rings is 3. The summed E-state index contributed by atoms with van der Waals surface area (Å²) < 4.78 is 32.8. The molecule has 0 unspecified atom stereocenters. The van der Waals surface area contributed by atoms with Crippen molar-refractivity contribution in [2.75, 3.05) is 6.79 Å². The summed E-state index contributed by atoms with van der Waals surface area (Å²) in [5.41, 5.74) is 3.34. The number of halogens is 2. The average molecular weight is 467 g/mol. The maximum absolute atomic E-state index is 14.6. The molecule has 2 atom stereocenters. The van der Waals surface area contributed by atoms with Crippen LogP contribution >= 0.6 is 15.9 Å². The Labute approximate surface area is 180 Å². The van der Waals surface area contributed by atoms with Gasteiger partial charge in [0, 0.05) is 22.0 Å². The van der Waals surface area contributed by atoms with Crippen molar-refractivity contribution in [3.05, 3.63) is 87.6 Å². The third-order valence-electron chi connectivity index (χ3n) is 5.63. The van der Waals surface area contributed by atoms with Gasteiger partial charge in [0.15, 0.2) is 11.5 Å². The quantitative estimate of drug-likeness (QED) is 0.495. The number of nitrogens with zero attached hydrogens (tertiary/aromatic N) is 2. The standard InChI is InChI=1S/C23H16BrFN2O3/c24-14-6-8-20-16(10-14)19-11-18(13-5-7-21-22(9-13)29-12-28-21)26-27(19)23(30-20)15-3-1-2-4-17(15)25/h1-10,19,23H,11-12H2/t19-,23-/m1/s1. The third-order valence-corrected chi connectivity index (χ3v) is 6.12. The summed E-state index contributed by atoms with van der Waals surface area (Å²) in [5, 5.41) is 6.75. The van der Waals surface area contributed by atoms with Crippen molar-refractivity contribution in [1.82, 2.24) is 5.01 Å². The molecule has 6 rings (SSSR count). The molecule has 150 valence electrons. The minimum Gasteiger partial charge on any atom is -0.464 e. The second-order valence-electron chi connectivity index (χ2n) is 7.39. The number of fused-ring (bicyclic) bond motifs is 4. The molecule has 0 saturated heterocycles. The minimum absolute atomic E-state index is 0.0590. The lowest BCUT2D eigenvalue weighted by atomic mass is 9.95. The molecule has 7 heteroatoms. The first kappa shape index (κ1) is 17.8. The zero-order valence-electron chi connectivity index (χ0n) is 15.7. The van der Waals surface area contributed by atoms with E-state index in [9.17, 15) is 4.39 Å². The third kappa shape index (κ3) is 2.76. The highest BCUT2D eigenvalue weighted by Crippen LogP contribution is 2.48. The van der Waals surface area contributed by atoms with Gasteiger partial charge >= 0.3 is 0 Å². The first-order valence-electron chi connectivity index (χ1n) is 9.64. The van der Waals surface area contributed by atoms with Gasteiger partial charge < -0.3 is 14.2 Å². The fourth-order valence-corrected chi connectivity index (χ4v) is 4.57. The van der Waals surface area contributed by atoms with Crippen molar-refractivity contribution in [3.8, 4) is 17.2 Å². The van der Waals surface area contributed by atoms with Gasteiger partial charge in [0.2, 0.25) is 13.0 Å². The molecule has 0 fully saturated rings. The van der Waals surface area contributed by atoms with Crippen molar-refractivity contribution in [2.24, 2.45) is 5.10 Å². The van der Waals surface area contributed by atoms with E-state index in [2.05, 4.69) is 15.9 Å². The Morgan fingerprint density at radius 2 is 1.77 bits per heavy atom. The molecule has 0 radical (unpaired) electrons. The second kappa shape index (κ2) is 6.74. The summed E-state index contributed by atoms with van der Waals surface area (Å²) in [6.45, 7) is 0.227. The molecule has 0 aliphatic carbocycles. The Morgan fingerprint density at radius 1 is 0.933 bits per heavy atom. The van der Waals surface area contributed by atoms with Crippen LogP contribution in [0.3, 0.4) is 0 Å². The van der Waals surface area contributed by atoms with Crippen LogP contribution in [0.5, 0.6) is 17.2 Å².